The third-order valence-corrected chi connectivity index (χ3v) is 7.66. The Morgan fingerprint density at radius 2 is 1.55 bits per heavy atom. The number of carbonyl (C=O) groups excluding carboxylic acids is 1. The van der Waals surface area contributed by atoms with Crippen molar-refractivity contribution in [3.63, 3.8) is 0 Å². The maximum absolute atomic E-state index is 12.8. The van der Waals surface area contributed by atoms with Gasteiger partial charge >= 0.3 is 0 Å². The highest BCUT2D eigenvalue weighted by atomic mass is 32.2. The van der Waals surface area contributed by atoms with E-state index in [4.69, 9.17) is 9.94 Å². The third kappa shape index (κ3) is 6.02. The van der Waals surface area contributed by atoms with Gasteiger partial charge in [0.25, 0.3) is 5.91 Å². The molecule has 2 aromatic carbocycles. The lowest BCUT2D eigenvalue weighted by molar-refractivity contribution is -0.130. The van der Waals surface area contributed by atoms with Crippen molar-refractivity contribution in [2.75, 3.05) is 13.7 Å². The zero-order valence-corrected chi connectivity index (χ0v) is 19.1. The Bertz CT molecular complexity index is 1140. The number of rotatable bonds is 9. The molecule has 1 unspecified atom stereocenters. The average Bonchev–Trinajstić information content (AvgIpc) is 2.69. The zero-order chi connectivity index (χ0) is 23.4. The van der Waals surface area contributed by atoms with Crippen LogP contribution in [0.25, 0.3) is 0 Å². The van der Waals surface area contributed by atoms with Crippen LogP contribution in [0.2, 0.25) is 0 Å². The molecule has 0 aliphatic heterocycles. The lowest BCUT2D eigenvalue weighted by Gasteiger charge is -2.19. The summed E-state index contributed by atoms with van der Waals surface area (Å²) in [7, 11) is -6.85. The van der Waals surface area contributed by atoms with Gasteiger partial charge in [0.15, 0.2) is 0 Å². The van der Waals surface area contributed by atoms with Crippen molar-refractivity contribution in [2.45, 2.75) is 36.6 Å². The highest BCUT2D eigenvalue weighted by Crippen LogP contribution is 2.21. The summed E-state index contributed by atoms with van der Waals surface area (Å²) in [5.74, 6) is -0.697. The molecular weight excluding hydrogens is 446 g/mol. The highest BCUT2D eigenvalue weighted by molar-refractivity contribution is 7.90. The fourth-order valence-electron chi connectivity index (χ4n) is 3.13. The number of benzene rings is 2. The molecule has 0 fully saturated rings. The van der Waals surface area contributed by atoms with Gasteiger partial charge in [0.1, 0.15) is 11.8 Å². The Kier molecular flexibility index (Phi) is 7.78. The fraction of sp³-hybridized carbons (Fsp3) is 0.316. The number of hydrogen-bond donors (Lipinski definition) is 4. The molecular formula is C19H25N3O7S2. The Morgan fingerprint density at radius 3 is 2.03 bits per heavy atom. The number of ether oxygens (including phenoxy) is 1. The Labute approximate surface area is 181 Å². The van der Waals surface area contributed by atoms with Crippen LogP contribution in [0.5, 0.6) is 5.75 Å². The maximum atomic E-state index is 12.8. The van der Waals surface area contributed by atoms with E-state index in [0.717, 1.165) is 5.56 Å². The van der Waals surface area contributed by atoms with Crippen molar-refractivity contribution >= 4 is 26.0 Å². The topological polar surface area (TPSA) is 151 Å². The molecule has 0 saturated carbocycles. The van der Waals surface area contributed by atoms with Gasteiger partial charge < -0.3 is 4.74 Å². The van der Waals surface area contributed by atoms with Gasteiger partial charge in [-0.05, 0) is 56.2 Å². The van der Waals surface area contributed by atoms with Gasteiger partial charge in [0.05, 0.1) is 16.9 Å². The number of hydroxylamine groups is 1. The smallest absolute Gasteiger partial charge is 0.262 e. The van der Waals surface area contributed by atoms with Gasteiger partial charge in [0, 0.05) is 6.54 Å². The number of aryl methyl sites for hydroxylation is 3. The molecule has 0 spiro atoms. The molecule has 0 heterocycles. The van der Waals surface area contributed by atoms with E-state index in [0.29, 0.717) is 16.9 Å². The van der Waals surface area contributed by atoms with Crippen LogP contribution in [0.1, 0.15) is 16.7 Å². The number of methoxy groups -OCH3 is 1. The lowest BCUT2D eigenvalue weighted by Crippen LogP contribution is -2.52. The van der Waals surface area contributed by atoms with E-state index in [1.54, 1.807) is 26.0 Å². The van der Waals surface area contributed by atoms with E-state index < -0.39 is 38.5 Å². The Balaban J connectivity index is 2.27. The van der Waals surface area contributed by atoms with Crippen LogP contribution < -0.4 is 19.7 Å². The van der Waals surface area contributed by atoms with Crippen molar-refractivity contribution in [3.8, 4) is 5.75 Å². The largest absolute Gasteiger partial charge is 0.497 e. The number of hydrogen-bond acceptors (Lipinski definition) is 7. The van der Waals surface area contributed by atoms with Crippen molar-refractivity contribution < 1.29 is 31.6 Å². The first-order valence-corrected chi connectivity index (χ1v) is 12.1. The molecule has 31 heavy (non-hydrogen) atoms. The molecule has 10 nitrogen and oxygen atoms in total. The summed E-state index contributed by atoms with van der Waals surface area (Å²) in [6.45, 7) is 4.48. The van der Waals surface area contributed by atoms with Gasteiger partial charge in [0.2, 0.25) is 20.0 Å². The van der Waals surface area contributed by atoms with Crippen LogP contribution >= 0.6 is 0 Å². The first-order valence-electron chi connectivity index (χ1n) is 9.09. The molecule has 12 heteroatoms. The molecule has 1 amide bonds. The summed E-state index contributed by atoms with van der Waals surface area (Å²) < 4.78 is 60.1. The Morgan fingerprint density at radius 1 is 1.00 bits per heavy atom. The molecule has 170 valence electrons. The molecule has 0 saturated heterocycles. The van der Waals surface area contributed by atoms with Gasteiger partial charge in [-0.2, -0.15) is 4.72 Å². The van der Waals surface area contributed by atoms with Crippen LogP contribution in [0.15, 0.2) is 46.2 Å². The minimum atomic E-state index is -4.21. The summed E-state index contributed by atoms with van der Waals surface area (Å²) in [4.78, 5) is 11.9. The van der Waals surface area contributed by atoms with Gasteiger partial charge in [-0.25, -0.2) is 27.0 Å². The van der Waals surface area contributed by atoms with Crippen LogP contribution in [-0.4, -0.2) is 47.6 Å². The van der Waals surface area contributed by atoms with E-state index in [2.05, 4.69) is 9.44 Å². The molecule has 0 bridgehead atoms. The van der Waals surface area contributed by atoms with E-state index in [1.165, 1.54) is 36.9 Å². The Hall–Kier alpha value is -2.51. The number of amides is 1. The predicted octanol–water partition coefficient (Wildman–Crippen LogP) is 0.751. The summed E-state index contributed by atoms with van der Waals surface area (Å²) in [5.41, 5.74) is 3.24. The van der Waals surface area contributed by atoms with Gasteiger partial charge in [-0.3, -0.25) is 10.0 Å². The van der Waals surface area contributed by atoms with Crippen molar-refractivity contribution in [2.24, 2.45) is 0 Å². The quantitative estimate of drug-likeness (QED) is 0.311. The highest BCUT2D eigenvalue weighted by Gasteiger charge is 2.28. The number of nitrogens with one attached hydrogen (secondary N) is 3. The summed E-state index contributed by atoms with van der Waals surface area (Å²) in [5, 5.41) is 8.98. The lowest BCUT2D eigenvalue weighted by atomic mass is 10.1. The zero-order valence-electron chi connectivity index (χ0n) is 17.5. The van der Waals surface area contributed by atoms with E-state index in [9.17, 15) is 21.6 Å². The SMILES string of the molecule is COc1ccc(S(=O)(=O)NC(CNS(=O)(=O)c2c(C)cc(C)cc2C)C(=O)NO)cc1. The first kappa shape index (κ1) is 24.8. The average molecular weight is 472 g/mol. The molecule has 0 aliphatic carbocycles. The second-order valence-electron chi connectivity index (χ2n) is 6.91. The number of sulfonamides is 2. The molecule has 0 aliphatic rings. The predicted molar refractivity (Wildman–Crippen MR) is 113 cm³/mol. The second kappa shape index (κ2) is 9.75. The van der Waals surface area contributed by atoms with Crippen molar-refractivity contribution in [1.82, 2.24) is 14.9 Å². The van der Waals surface area contributed by atoms with Gasteiger partial charge in [-0.1, -0.05) is 17.7 Å². The van der Waals surface area contributed by atoms with E-state index in [1.807, 2.05) is 6.92 Å². The standard InChI is InChI=1S/C19H25N3O7S2/c1-12-9-13(2)18(14(3)10-12)31(27,28)20-11-17(19(23)21-24)22-30(25,26)16-7-5-15(29-4)6-8-16/h5-10,17,20,22,24H,11H2,1-4H3,(H,21,23). The van der Waals surface area contributed by atoms with E-state index in [-0.39, 0.29) is 9.79 Å². The first-order chi connectivity index (χ1) is 14.4. The fourth-order valence-corrected chi connectivity index (χ4v) is 5.82. The van der Waals surface area contributed by atoms with Crippen molar-refractivity contribution in [3.05, 3.63) is 53.1 Å². The minimum Gasteiger partial charge on any atom is -0.497 e. The van der Waals surface area contributed by atoms with Crippen LogP contribution in [0, 0.1) is 20.8 Å². The summed E-state index contributed by atoms with van der Waals surface area (Å²) in [6, 6.07) is 7.15. The maximum Gasteiger partial charge on any atom is 0.262 e. The normalized spacial score (nSPS) is 12.9. The van der Waals surface area contributed by atoms with Crippen LogP contribution in [0.4, 0.5) is 0 Å². The van der Waals surface area contributed by atoms with Crippen LogP contribution in [-0.2, 0) is 24.8 Å². The molecule has 2 rings (SSSR count). The summed E-state index contributed by atoms with van der Waals surface area (Å²) in [6.07, 6.45) is 0. The van der Waals surface area contributed by atoms with Crippen molar-refractivity contribution in [1.29, 1.82) is 0 Å². The third-order valence-electron chi connectivity index (χ3n) is 4.44. The second-order valence-corrected chi connectivity index (χ2v) is 10.3. The molecule has 2 aromatic rings. The monoisotopic (exact) mass is 471 g/mol. The van der Waals surface area contributed by atoms with E-state index >= 15 is 0 Å². The summed E-state index contributed by atoms with van der Waals surface area (Å²) >= 11 is 0. The minimum absolute atomic E-state index is 0.0410. The molecule has 0 radical (unpaired) electrons. The molecule has 0 aromatic heterocycles. The number of carbonyl (C=O) groups is 1. The molecule has 1 atom stereocenters. The van der Waals surface area contributed by atoms with Crippen LogP contribution in [0.3, 0.4) is 0 Å². The molecule has 4 N–H and O–H groups in total. The van der Waals surface area contributed by atoms with Gasteiger partial charge in [-0.15, -0.1) is 0 Å².